The first-order valence-electron chi connectivity index (χ1n) is 7.14. The first-order valence-corrected chi connectivity index (χ1v) is 8.62. The van der Waals surface area contributed by atoms with Crippen LogP contribution in [-0.4, -0.2) is 19.0 Å². The van der Waals surface area contributed by atoms with Crippen LogP contribution in [-0.2, 0) is 17.1 Å². The minimum atomic E-state index is -3.40. The van der Waals surface area contributed by atoms with Gasteiger partial charge in [0.05, 0.1) is 4.90 Å². The van der Waals surface area contributed by atoms with Gasteiger partial charge in [-0.2, -0.15) is 0 Å². The standard InChI is InChI=1S/C15H20N2O2S/c1-17-10-9-12-11-14(7-8-15(12)17)20(18,19)16-13-5-3-2-4-6-13/h7-11,13,16H,2-6H2,1H3. The van der Waals surface area contributed by atoms with Crippen molar-refractivity contribution in [3.63, 3.8) is 0 Å². The first-order chi connectivity index (χ1) is 9.56. The number of nitrogens with zero attached hydrogens (tertiary/aromatic N) is 1. The average molecular weight is 292 g/mol. The van der Waals surface area contributed by atoms with E-state index < -0.39 is 10.0 Å². The van der Waals surface area contributed by atoms with E-state index in [4.69, 9.17) is 0 Å². The Bertz CT molecular complexity index is 713. The maximum absolute atomic E-state index is 12.4. The van der Waals surface area contributed by atoms with Gasteiger partial charge in [-0.25, -0.2) is 13.1 Å². The fraction of sp³-hybridized carbons (Fsp3) is 0.467. The molecule has 4 nitrogen and oxygen atoms in total. The van der Waals surface area contributed by atoms with Crippen LogP contribution in [0.5, 0.6) is 0 Å². The van der Waals surface area contributed by atoms with Crippen LogP contribution < -0.4 is 4.72 Å². The van der Waals surface area contributed by atoms with Gasteiger partial charge in [0.2, 0.25) is 10.0 Å². The molecule has 1 aliphatic rings. The third kappa shape index (κ3) is 2.60. The van der Waals surface area contributed by atoms with Crippen LogP contribution in [0, 0.1) is 0 Å². The van der Waals surface area contributed by atoms with Crippen LogP contribution in [0.4, 0.5) is 0 Å². The zero-order valence-electron chi connectivity index (χ0n) is 11.7. The van der Waals surface area contributed by atoms with E-state index in [2.05, 4.69) is 4.72 Å². The molecule has 108 valence electrons. The molecule has 0 aliphatic heterocycles. The quantitative estimate of drug-likeness (QED) is 0.945. The molecular weight excluding hydrogens is 272 g/mol. The van der Waals surface area contributed by atoms with E-state index in [1.807, 2.05) is 29.9 Å². The lowest BCUT2D eigenvalue weighted by Crippen LogP contribution is -2.36. The highest BCUT2D eigenvalue weighted by molar-refractivity contribution is 7.89. The highest BCUT2D eigenvalue weighted by Crippen LogP contribution is 2.22. The summed E-state index contributed by atoms with van der Waals surface area (Å²) in [5, 5.41) is 0.957. The van der Waals surface area contributed by atoms with Gasteiger partial charge in [0, 0.05) is 30.2 Å². The molecular formula is C15H20N2O2S. The Kier molecular flexibility index (Phi) is 3.56. The maximum Gasteiger partial charge on any atom is 0.240 e. The number of rotatable bonds is 3. The molecule has 0 radical (unpaired) electrons. The summed E-state index contributed by atoms with van der Waals surface area (Å²) in [4.78, 5) is 0.363. The molecule has 1 fully saturated rings. The summed E-state index contributed by atoms with van der Waals surface area (Å²) >= 11 is 0. The van der Waals surface area contributed by atoms with Crippen LogP contribution in [0.2, 0.25) is 0 Å². The Hall–Kier alpha value is -1.33. The van der Waals surface area contributed by atoms with Crippen LogP contribution >= 0.6 is 0 Å². The minimum Gasteiger partial charge on any atom is -0.351 e. The molecule has 20 heavy (non-hydrogen) atoms. The van der Waals surface area contributed by atoms with E-state index in [9.17, 15) is 8.42 Å². The van der Waals surface area contributed by atoms with Crippen LogP contribution in [0.3, 0.4) is 0 Å². The second-order valence-corrected chi connectivity index (χ2v) is 7.32. The van der Waals surface area contributed by atoms with Crippen molar-refractivity contribution in [2.75, 3.05) is 0 Å². The molecule has 5 heteroatoms. The molecule has 0 bridgehead atoms. The molecule has 0 saturated heterocycles. The molecule has 0 spiro atoms. The van der Waals surface area contributed by atoms with Crippen molar-refractivity contribution in [3.05, 3.63) is 30.5 Å². The SMILES string of the molecule is Cn1ccc2cc(S(=O)(=O)NC3CCCCC3)ccc21. The Balaban J connectivity index is 1.88. The third-order valence-corrected chi connectivity index (χ3v) is 5.61. The molecule has 1 N–H and O–H groups in total. The summed E-state index contributed by atoms with van der Waals surface area (Å²) in [7, 11) is -1.45. The van der Waals surface area contributed by atoms with Gasteiger partial charge in [-0.05, 0) is 37.1 Å². The predicted octanol–water partition coefficient (Wildman–Crippen LogP) is 2.79. The van der Waals surface area contributed by atoms with Gasteiger partial charge in [0.15, 0.2) is 0 Å². The molecule has 1 aliphatic carbocycles. The fourth-order valence-electron chi connectivity index (χ4n) is 2.93. The Morgan fingerprint density at radius 1 is 1.15 bits per heavy atom. The van der Waals surface area contributed by atoms with Crippen molar-refractivity contribution in [3.8, 4) is 0 Å². The van der Waals surface area contributed by atoms with Crippen molar-refractivity contribution in [1.29, 1.82) is 0 Å². The van der Waals surface area contributed by atoms with Crippen molar-refractivity contribution < 1.29 is 8.42 Å². The van der Waals surface area contributed by atoms with E-state index in [0.717, 1.165) is 36.6 Å². The number of nitrogens with one attached hydrogen (secondary N) is 1. The van der Waals surface area contributed by atoms with E-state index in [-0.39, 0.29) is 6.04 Å². The van der Waals surface area contributed by atoms with Gasteiger partial charge in [0.1, 0.15) is 0 Å². The lowest BCUT2D eigenvalue weighted by molar-refractivity contribution is 0.412. The fourth-order valence-corrected chi connectivity index (χ4v) is 4.27. The molecule has 1 aromatic heterocycles. The monoisotopic (exact) mass is 292 g/mol. The van der Waals surface area contributed by atoms with Gasteiger partial charge < -0.3 is 4.57 Å². The summed E-state index contributed by atoms with van der Waals surface area (Å²) in [6.07, 6.45) is 7.29. The van der Waals surface area contributed by atoms with Crippen LogP contribution in [0.25, 0.3) is 10.9 Å². The third-order valence-electron chi connectivity index (χ3n) is 4.09. The smallest absolute Gasteiger partial charge is 0.240 e. The number of sulfonamides is 1. The summed E-state index contributed by atoms with van der Waals surface area (Å²) in [5.41, 5.74) is 1.04. The summed E-state index contributed by atoms with van der Waals surface area (Å²) < 4.78 is 29.7. The normalized spacial score (nSPS) is 17.6. The molecule has 2 aromatic rings. The molecule has 1 saturated carbocycles. The lowest BCUT2D eigenvalue weighted by atomic mass is 9.96. The van der Waals surface area contributed by atoms with E-state index in [1.54, 1.807) is 12.1 Å². The molecule has 0 atom stereocenters. The van der Waals surface area contributed by atoms with E-state index in [0.29, 0.717) is 4.90 Å². The molecule has 3 rings (SSSR count). The predicted molar refractivity (Wildman–Crippen MR) is 80.1 cm³/mol. The topological polar surface area (TPSA) is 51.1 Å². The van der Waals surface area contributed by atoms with Crippen LogP contribution in [0.15, 0.2) is 35.4 Å². The van der Waals surface area contributed by atoms with Gasteiger partial charge in [-0.1, -0.05) is 19.3 Å². The average Bonchev–Trinajstić information content (AvgIpc) is 2.81. The molecule has 0 unspecified atom stereocenters. The summed E-state index contributed by atoms with van der Waals surface area (Å²) in [6, 6.07) is 7.34. The number of benzene rings is 1. The zero-order chi connectivity index (χ0) is 14.2. The van der Waals surface area contributed by atoms with Crippen molar-refractivity contribution in [2.45, 2.75) is 43.0 Å². The van der Waals surface area contributed by atoms with Crippen LogP contribution in [0.1, 0.15) is 32.1 Å². The zero-order valence-corrected chi connectivity index (χ0v) is 12.5. The van der Waals surface area contributed by atoms with Crippen molar-refractivity contribution in [2.24, 2.45) is 7.05 Å². The van der Waals surface area contributed by atoms with Gasteiger partial charge in [-0.3, -0.25) is 0 Å². The van der Waals surface area contributed by atoms with E-state index in [1.165, 1.54) is 6.42 Å². The first kappa shape index (κ1) is 13.6. The van der Waals surface area contributed by atoms with Crippen molar-refractivity contribution in [1.82, 2.24) is 9.29 Å². The Labute approximate surface area is 119 Å². The highest BCUT2D eigenvalue weighted by atomic mass is 32.2. The van der Waals surface area contributed by atoms with Gasteiger partial charge >= 0.3 is 0 Å². The number of hydrogen-bond donors (Lipinski definition) is 1. The minimum absolute atomic E-state index is 0.0974. The van der Waals surface area contributed by atoms with Crippen molar-refractivity contribution >= 4 is 20.9 Å². The highest BCUT2D eigenvalue weighted by Gasteiger charge is 2.22. The summed E-state index contributed by atoms with van der Waals surface area (Å²) in [6.45, 7) is 0. The molecule has 0 amide bonds. The largest absolute Gasteiger partial charge is 0.351 e. The lowest BCUT2D eigenvalue weighted by Gasteiger charge is -2.22. The second kappa shape index (κ2) is 5.22. The Morgan fingerprint density at radius 2 is 1.90 bits per heavy atom. The summed E-state index contributed by atoms with van der Waals surface area (Å²) in [5.74, 6) is 0. The molecule has 1 heterocycles. The Morgan fingerprint density at radius 3 is 2.65 bits per heavy atom. The second-order valence-electron chi connectivity index (χ2n) is 5.60. The number of hydrogen-bond acceptors (Lipinski definition) is 2. The van der Waals surface area contributed by atoms with Gasteiger partial charge in [-0.15, -0.1) is 0 Å². The molecule has 1 aromatic carbocycles. The number of aryl methyl sites for hydroxylation is 1. The maximum atomic E-state index is 12.4. The van der Waals surface area contributed by atoms with Gasteiger partial charge in [0.25, 0.3) is 0 Å². The van der Waals surface area contributed by atoms with E-state index >= 15 is 0 Å². The number of fused-ring (bicyclic) bond motifs is 1. The number of aromatic nitrogens is 1.